The number of aromatic hydroxyl groups is 1. The zero-order valence-electron chi connectivity index (χ0n) is 17.1. The van der Waals surface area contributed by atoms with Gasteiger partial charge in [0.15, 0.2) is 0 Å². The molecule has 0 aliphatic rings. The number of sulfonamides is 1. The van der Waals surface area contributed by atoms with Gasteiger partial charge in [0.2, 0.25) is 0 Å². The van der Waals surface area contributed by atoms with Crippen molar-refractivity contribution >= 4 is 33.3 Å². The predicted octanol–water partition coefficient (Wildman–Crippen LogP) is 5.88. The Kier molecular flexibility index (Phi) is 6.09. The molecule has 3 N–H and O–H groups in total. The minimum Gasteiger partial charge on any atom is -0.507 e. The molecule has 33 heavy (non-hydrogen) atoms. The Bertz CT molecular complexity index is 1420. The topological polar surface area (TPSA) is 104 Å². The van der Waals surface area contributed by atoms with Gasteiger partial charge in [0.05, 0.1) is 10.6 Å². The molecule has 0 atom stereocenters. The van der Waals surface area contributed by atoms with Gasteiger partial charge in [-0.3, -0.25) is 4.72 Å². The summed E-state index contributed by atoms with van der Waals surface area (Å²) >= 11 is 5.91. The summed E-state index contributed by atoms with van der Waals surface area (Å²) in [5, 5.41) is 20.4. The number of hydrogen-bond acceptors (Lipinski definition) is 4. The molecule has 0 radical (unpaired) electrons. The van der Waals surface area contributed by atoms with Crippen LogP contribution in [-0.4, -0.2) is 24.6 Å². The quantitative estimate of drug-likeness (QED) is 0.320. The van der Waals surface area contributed by atoms with E-state index in [1.807, 2.05) is 30.3 Å². The smallest absolute Gasteiger partial charge is 0.341 e. The van der Waals surface area contributed by atoms with Gasteiger partial charge in [-0.05, 0) is 58.7 Å². The molecule has 4 aromatic carbocycles. The maximum Gasteiger partial charge on any atom is 0.341 e. The lowest BCUT2D eigenvalue weighted by Gasteiger charge is -2.14. The van der Waals surface area contributed by atoms with Crippen LogP contribution in [0.1, 0.15) is 10.4 Å². The molecule has 8 heteroatoms. The summed E-state index contributed by atoms with van der Waals surface area (Å²) in [4.78, 5) is 11.7. The molecule has 0 bridgehead atoms. The van der Waals surface area contributed by atoms with Crippen molar-refractivity contribution in [2.24, 2.45) is 0 Å². The first-order valence-electron chi connectivity index (χ1n) is 9.79. The maximum atomic E-state index is 13.0. The molecule has 4 rings (SSSR count). The molecule has 0 aromatic heterocycles. The summed E-state index contributed by atoms with van der Waals surface area (Å²) < 4.78 is 28.4. The molecule has 0 aliphatic heterocycles. The highest BCUT2D eigenvalue weighted by Crippen LogP contribution is 2.35. The summed E-state index contributed by atoms with van der Waals surface area (Å²) in [6.07, 6.45) is 0. The van der Waals surface area contributed by atoms with Gasteiger partial charge in [-0.2, -0.15) is 0 Å². The first kappa shape index (κ1) is 22.4. The highest BCUT2D eigenvalue weighted by atomic mass is 35.5. The van der Waals surface area contributed by atoms with Gasteiger partial charge < -0.3 is 10.2 Å². The number of nitrogens with one attached hydrogen (secondary N) is 1. The normalized spacial score (nSPS) is 11.2. The van der Waals surface area contributed by atoms with Crippen molar-refractivity contribution in [3.63, 3.8) is 0 Å². The summed E-state index contributed by atoms with van der Waals surface area (Å²) in [6, 6.07) is 24.9. The molecule has 0 saturated heterocycles. The number of carbonyl (C=O) groups is 1. The van der Waals surface area contributed by atoms with Gasteiger partial charge in [-0.15, -0.1) is 0 Å². The Morgan fingerprint density at radius 2 is 1.30 bits per heavy atom. The van der Waals surface area contributed by atoms with E-state index in [-0.39, 0.29) is 10.6 Å². The lowest BCUT2D eigenvalue weighted by molar-refractivity contribution is 0.0695. The molecule has 0 amide bonds. The number of benzene rings is 4. The lowest BCUT2D eigenvalue weighted by atomic mass is 10.0. The molecule has 0 saturated carbocycles. The third kappa shape index (κ3) is 4.84. The van der Waals surface area contributed by atoms with Crippen LogP contribution in [0, 0.1) is 0 Å². The fourth-order valence-electron chi connectivity index (χ4n) is 3.40. The molecule has 0 spiro atoms. The van der Waals surface area contributed by atoms with Crippen LogP contribution >= 0.6 is 11.6 Å². The van der Waals surface area contributed by atoms with Crippen molar-refractivity contribution in [1.82, 2.24) is 0 Å². The van der Waals surface area contributed by atoms with E-state index in [4.69, 9.17) is 11.6 Å². The van der Waals surface area contributed by atoms with Gasteiger partial charge >= 0.3 is 5.97 Å². The summed E-state index contributed by atoms with van der Waals surface area (Å²) in [5.41, 5.74) is 2.02. The van der Waals surface area contributed by atoms with E-state index in [0.717, 1.165) is 11.1 Å². The van der Waals surface area contributed by atoms with E-state index in [0.29, 0.717) is 16.1 Å². The van der Waals surface area contributed by atoms with Crippen LogP contribution in [0.2, 0.25) is 5.02 Å². The van der Waals surface area contributed by atoms with Gasteiger partial charge in [-0.25, -0.2) is 13.2 Å². The van der Waals surface area contributed by atoms with Gasteiger partial charge in [-0.1, -0.05) is 66.2 Å². The number of halogens is 1. The molecule has 0 fully saturated rings. The molecule has 0 heterocycles. The summed E-state index contributed by atoms with van der Waals surface area (Å²) in [6.45, 7) is 0. The molecule has 0 unspecified atom stereocenters. The van der Waals surface area contributed by atoms with E-state index in [2.05, 4.69) is 4.72 Å². The molecule has 6 nitrogen and oxygen atoms in total. The van der Waals surface area contributed by atoms with Crippen LogP contribution in [0.4, 0.5) is 5.69 Å². The largest absolute Gasteiger partial charge is 0.507 e. The van der Waals surface area contributed by atoms with Crippen LogP contribution in [0.25, 0.3) is 22.3 Å². The van der Waals surface area contributed by atoms with Crippen LogP contribution in [0.3, 0.4) is 0 Å². The Morgan fingerprint density at radius 1 is 0.758 bits per heavy atom. The van der Waals surface area contributed by atoms with E-state index in [1.54, 1.807) is 36.4 Å². The second kappa shape index (κ2) is 8.97. The number of rotatable bonds is 6. The van der Waals surface area contributed by atoms with Crippen molar-refractivity contribution in [3.8, 4) is 28.0 Å². The van der Waals surface area contributed by atoms with Crippen LogP contribution < -0.4 is 4.72 Å². The molecule has 4 aromatic rings. The first-order chi connectivity index (χ1) is 15.7. The summed E-state index contributed by atoms with van der Waals surface area (Å²) in [7, 11) is -4.14. The Hall–Kier alpha value is -3.81. The standard InChI is InChI=1S/C25H18ClNO5S/c26-20-10-6-18(7-11-20)19-14-22(24(25(29)30)23(28)15-19)27-33(31,32)21-12-8-17(9-13-21)16-4-2-1-3-5-16/h1-15,27-28H,(H,29,30). The number of carboxylic acid groups (broad SMARTS) is 1. The first-order valence-corrected chi connectivity index (χ1v) is 11.7. The SMILES string of the molecule is O=C(O)c1c(O)cc(-c2ccc(Cl)cc2)cc1NS(=O)(=O)c1ccc(-c2ccccc2)cc1. The van der Waals surface area contributed by atoms with Crippen molar-refractivity contribution in [1.29, 1.82) is 0 Å². The van der Waals surface area contributed by atoms with Crippen LogP contribution in [0.5, 0.6) is 5.75 Å². The predicted molar refractivity (Wildman–Crippen MR) is 128 cm³/mol. The Morgan fingerprint density at radius 3 is 1.91 bits per heavy atom. The van der Waals surface area contributed by atoms with E-state index >= 15 is 0 Å². The second-order valence-corrected chi connectivity index (χ2v) is 9.34. The lowest BCUT2D eigenvalue weighted by Crippen LogP contribution is -2.16. The maximum absolute atomic E-state index is 13.0. The fourth-order valence-corrected chi connectivity index (χ4v) is 4.59. The van der Waals surface area contributed by atoms with Crippen molar-refractivity contribution in [2.45, 2.75) is 4.90 Å². The zero-order chi connectivity index (χ0) is 23.6. The van der Waals surface area contributed by atoms with E-state index in [1.165, 1.54) is 24.3 Å². The van der Waals surface area contributed by atoms with Gasteiger partial charge in [0.1, 0.15) is 11.3 Å². The van der Waals surface area contributed by atoms with Crippen molar-refractivity contribution in [3.05, 3.63) is 102 Å². The third-order valence-electron chi connectivity index (χ3n) is 5.03. The Balaban J connectivity index is 1.72. The number of phenols is 1. The minimum absolute atomic E-state index is 0.0464. The van der Waals surface area contributed by atoms with E-state index < -0.39 is 27.3 Å². The number of anilines is 1. The van der Waals surface area contributed by atoms with Crippen LogP contribution in [0.15, 0.2) is 95.9 Å². The minimum atomic E-state index is -4.14. The average Bonchev–Trinajstić information content (AvgIpc) is 2.79. The van der Waals surface area contributed by atoms with Gasteiger partial charge in [0.25, 0.3) is 10.0 Å². The van der Waals surface area contributed by atoms with Crippen molar-refractivity contribution in [2.75, 3.05) is 4.72 Å². The second-order valence-electron chi connectivity index (χ2n) is 7.23. The van der Waals surface area contributed by atoms with E-state index in [9.17, 15) is 23.4 Å². The van der Waals surface area contributed by atoms with Gasteiger partial charge in [0, 0.05) is 5.02 Å². The zero-order valence-corrected chi connectivity index (χ0v) is 18.6. The molecular formula is C25H18ClNO5S. The summed E-state index contributed by atoms with van der Waals surface area (Å²) in [5.74, 6) is -2.03. The molecule has 0 aliphatic carbocycles. The highest BCUT2D eigenvalue weighted by Gasteiger charge is 2.23. The Labute approximate surface area is 195 Å². The highest BCUT2D eigenvalue weighted by molar-refractivity contribution is 7.92. The third-order valence-corrected chi connectivity index (χ3v) is 6.66. The number of aromatic carboxylic acids is 1. The van der Waals surface area contributed by atoms with Crippen LogP contribution in [-0.2, 0) is 10.0 Å². The average molecular weight is 480 g/mol. The fraction of sp³-hybridized carbons (Fsp3) is 0. The van der Waals surface area contributed by atoms with Crippen molar-refractivity contribution < 1.29 is 23.4 Å². The molecule has 166 valence electrons. The molecular weight excluding hydrogens is 462 g/mol. The number of hydrogen-bond donors (Lipinski definition) is 3. The monoisotopic (exact) mass is 479 g/mol. The number of carboxylic acids is 1.